The van der Waals surface area contributed by atoms with Gasteiger partial charge in [0.1, 0.15) is 0 Å². The van der Waals surface area contributed by atoms with Gasteiger partial charge < -0.3 is 5.32 Å². The first-order valence-electron chi connectivity index (χ1n) is 3.94. The molecule has 0 aliphatic carbocycles. The highest BCUT2D eigenvalue weighted by Crippen LogP contribution is 2.09. The molecule has 0 spiro atoms. The van der Waals surface area contributed by atoms with Gasteiger partial charge in [-0.15, -0.1) is 5.10 Å². The monoisotopic (exact) mass is 162 g/mol. The summed E-state index contributed by atoms with van der Waals surface area (Å²) in [5.74, 6) is 0. The summed E-state index contributed by atoms with van der Waals surface area (Å²) >= 11 is 0. The van der Waals surface area contributed by atoms with Gasteiger partial charge in [0.15, 0.2) is 0 Å². The highest BCUT2D eigenvalue weighted by Gasteiger charge is 1.94. The number of hydrogen-bond donors (Lipinski definition) is 1. The van der Waals surface area contributed by atoms with Gasteiger partial charge in [-0.1, -0.05) is 5.21 Å². The maximum absolute atomic E-state index is 3.86. The van der Waals surface area contributed by atoms with Crippen LogP contribution < -0.4 is 5.32 Å². The molecule has 0 fully saturated rings. The molecule has 0 aliphatic heterocycles. The summed E-state index contributed by atoms with van der Waals surface area (Å²) in [4.78, 5) is 0. The third-order valence-electron chi connectivity index (χ3n) is 1.68. The molecular formula is C8H10N4. The molecule has 2 rings (SSSR count). The van der Waals surface area contributed by atoms with Crippen LogP contribution in [0.4, 0.5) is 5.69 Å². The summed E-state index contributed by atoms with van der Waals surface area (Å²) in [6.45, 7) is 3.00. The normalized spacial score (nSPS) is 10.4. The molecular weight excluding hydrogens is 152 g/mol. The first kappa shape index (κ1) is 7.09. The molecule has 0 bridgehead atoms. The van der Waals surface area contributed by atoms with E-state index < -0.39 is 0 Å². The van der Waals surface area contributed by atoms with Crippen molar-refractivity contribution >= 4 is 11.2 Å². The molecule has 0 saturated carbocycles. The Morgan fingerprint density at radius 2 is 2.50 bits per heavy atom. The lowest BCUT2D eigenvalue weighted by Crippen LogP contribution is -1.97. The second kappa shape index (κ2) is 2.81. The Balaban J connectivity index is 2.46. The van der Waals surface area contributed by atoms with Gasteiger partial charge in [0, 0.05) is 18.4 Å². The molecule has 2 heterocycles. The van der Waals surface area contributed by atoms with E-state index in [2.05, 4.69) is 22.6 Å². The van der Waals surface area contributed by atoms with Gasteiger partial charge in [0.25, 0.3) is 0 Å². The summed E-state index contributed by atoms with van der Waals surface area (Å²) in [6, 6.07) is 3.99. The molecule has 0 atom stereocenters. The Bertz CT molecular complexity index is 379. The van der Waals surface area contributed by atoms with Crippen molar-refractivity contribution < 1.29 is 0 Å². The Labute approximate surface area is 70.2 Å². The quantitative estimate of drug-likeness (QED) is 0.720. The lowest BCUT2D eigenvalue weighted by atomic mass is 10.3. The van der Waals surface area contributed by atoms with E-state index in [4.69, 9.17) is 0 Å². The van der Waals surface area contributed by atoms with Crippen molar-refractivity contribution in [1.29, 1.82) is 0 Å². The van der Waals surface area contributed by atoms with Crippen LogP contribution in [0.25, 0.3) is 5.52 Å². The minimum Gasteiger partial charge on any atom is -0.385 e. The predicted octanol–water partition coefficient (Wildman–Crippen LogP) is 1.16. The standard InChI is InChI=1S/C8H10N4/c1-2-9-7-3-4-12-8(5-7)6-10-11-12/h3-6,9H,2H2,1H3. The van der Waals surface area contributed by atoms with E-state index in [0.717, 1.165) is 17.7 Å². The number of pyridine rings is 1. The van der Waals surface area contributed by atoms with Crippen molar-refractivity contribution in [3.05, 3.63) is 24.5 Å². The number of fused-ring (bicyclic) bond motifs is 1. The molecule has 0 radical (unpaired) electrons. The molecule has 4 heteroatoms. The lowest BCUT2D eigenvalue weighted by molar-refractivity contribution is 0.855. The zero-order valence-electron chi connectivity index (χ0n) is 6.86. The maximum Gasteiger partial charge on any atom is 0.0885 e. The second-order valence-electron chi connectivity index (χ2n) is 2.55. The molecule has 0 amide bonds. The Morgan fingerprint density at radius 1 is 1.58 bits per heavy atom. The van der Waals surface area contributed by atoms with Crippen LogP contribution in [-0.2, 0) is 0 Å². The minimum atomic E-state index is 0.928. The van der Waals surface area contributed by atoms with Crippen molar-refractivity contribution in [3.63, 3.8) is 0 Å². The van der Waals surface area contributed by atoms with Gasteiger partial charge in [-0.3, -0.25) is 0 Å². The van der Waals surface area contributed by atoms with Gasteiger partial charge in [-0.25, -0.2) is 4.52 Å². The first-order chi connectivity index (χ1) is 5.90. The molecule has 0 saturated heterocycles. The number of anilines is 1. The number of aromatic nitrogens is 3. The minimum absolute atomic E-state index is 0.928. The van der Waals surface area contributed by atoms with Gasteiger partial charge in [-0.2, -0.15) is 0 Å². The van der Waals surface area contributed by atoms with E-state index in [1.54, 1.807) is 10.7 Å². The molecule has 1 N–H and O–H groups in total. The van der Waals surface area contributed by atoms with Crippen LogP contribution in [-0.4, -0.2) is 21.4 Å². The average Bonchev–Trinajstić information content (AvgIpc) is 2.51. The lowest BCUT2D eigenvalue weighted by Gasteiger charge is -2.01. The van der Waals surface area contributed by atoms with Crippen LogP contribution in [0.5, 0.6) is 0 Å². The van der Waals surface area contributed by atoms with Crippen molar-refractivity contribution in [2.45, 2.75) is 6.92 Å². The molecule has 12 heavy (non-hydrogen) atoms. The van der Waals surface area contributed by atoms with Gasteiger partial charge in [0.2, 0.25) is 0 Å². The largest absolute Gasteiger partial charge is 0.385 e. The molecule has 2 aromatic rings. The van der Waals surface area contributed by atoms with E-state index >= 15 is 0 Å². The van der Waals surface area contributed by atoms with Gasteiger partial charge in [0.05, 0.1) is 11.7 Å². The zero-order valence-corrected chi connectivity index (χ0v) is 6.86. The van der Waals surface area contributed by atoms with Gasteiger partial charge in [-0.05, 0) is 19.1 Å². The maximum atomic E-state index is 3.86. The van der Waals surface area contributed by atoms with E-state index in [0.29, 0.717) is 0 Å². The van der Waals surface area contributed by atoms with Crippen LogP contribution >= 0.6 is 0 Å². The Morgan fingerprint density at radius 3 is 3.33 bits per heavy atom. The zero-order chi connectivity index (χ0) is 8.39. The Kier molecular flexibility index (Phi) is 1.66. The summed E-state index contributed by atoms with van der Waals surface area (Å²) in [6.07, 6.45) is 3.63. The second-order valence-corrected chi connectivity index (χ2v) is 2.55. The smallest absolute Gasteiger partial charge is 0.0885 e. The summed E-state index contributed by atoms with van der Waals surface area (Å²) in [5, 5.41) is 10.9. The SMILES string of the molecule is CCNc1ccn2nncc2c1. The van der Waals surface area contributed by atoms with Gasteiger partial charge >= 0.3 is 0 Å². The third kappa shape index (κ3) is 1.11. The molecule has 0 aromatic carbocycles. The van der Waals surface area contributed by atoms with Crippen molar-refractivity contribution in [1.82, 2.24) is 14.8 Å². The number of hydrogen-bond acceptors (Lipinski definition) is 3. The predicted molar refractivity (Wildman–Crippen MR) is 47.2 cm³/mol. The van der Waals surface area contributed by atoms with Crippen LogP contribution in [0.15, 0.2) is 24.5 Å². The van der Waals surface area contributed by atoms with Crippen molar-refractivity contribution in [2.24, 2.45) is 0 Å². The van der Waals surface area contributed by atoms with Crippen LogP contribution in [0.2, 0.25) is 0 Å². The summed E-state index contributed by atoms with van der Waals surface area (Å²) in [7, 11) is 0. The fourth-order valence-electron chi connectivity index (χ4n) is 1.14. The fourth-order valence-corrected chi connectivity index (χ4v) is 1.14. The van der Waals surface area contributed by atoms with E-state index in [1.165, 1.54) is 0 Å². The number of nitrogens with zero attached hydrogens (tertiary/aromatic N) is 3. The highest BCUT2D eigenvalue weighted by molar-refractivity contribution is 5.56. The topological polar surface area (TPSA) is 42.2 Å². The molecule has 4 nitrogen and oxygen atoms in total. The van der Waals surface area contributed by atoms with E-state index in [9.17, 15) is 0 Å². The highest BCUT2D eigenvalue weighted by atomic mass is 15.4. The Hall–Kier alpha value is -1.58. The number of rotatable bonds is 2. The van der Waals surface area contributed by atoms with Crippen molar-refractivity contribution in [2.75, 3.05) is 11.9 Å². The number of nitrogens with one attached hydrogen (secondary N) is 1. The summed E-state index contributed by atoms with van der Waals surface area (Å²) < 4.78 is 1.74. The van der Waals surface area contributed by atoms with Crippen molar-refractivity contribution in [3.8, 4) is 0 Å². The molecule has 62 valence electrons. The fraction of sp³-hybridized carbons (Fsp3) is 0.250. The first-order valence-corrected chi connectivity index (χ1v) is 3.94. The molecule has 0 aliphatic rings. The summed E-state index contributed by atoms with van der Waals surface area (Å²) in [5.41, 5.74) is 2.11. The third-order valence-corrected chi connectivity index (χ3v) is 1.68. The van der Waals surface area contributed by atoms with E-state index in [-0.39, 0.29) is 0 Å². The van der Waals surface area contributed by atoms with Crippen LogP contribution in [0, 0.1) is 0 Å². The van der Waals surface area contributed by atoms with Crippen LogP contribution in [0.1, 0.15) is 6.92 Å². The van der Waals surface area contributed by atoms with Crippen LogP contribution in [0.3, 0.4) is 0 Å². The van der Waals surface area contributed by atoms with E-state index in [1.807, 2.05) is 18.3 Å². The molecule has 0 unspecified atom stereocenters. The average molecular weight is 162 g/mol. The molecule has 2 aromatic heterocycles.